The first-order valence-electron chi connectivity index (χ1n) is 7.08. The largest absolute Gasteiger partial charge is 0.457 e. The first-order chi connectivity index (χ1) is 10.5. The zero-order valence-electron chi connectivity index (χ0n) is 13.2. The van der Waals surface area contributed by atoms with Crippen LogP contribution in [0.15, 0.2) is 79.4 Å². The zero-order chi connectivity index (χ0) is 16.4. The molecule has 2 heteroatoms. The van der Waals surface area contributed by atoms with Gasteiger partial charge in [0.15, 0.2) is 0 Å². The van der Waals surface area contributed by atoms with Crippen LogP contribution in [0.3, 0.4) is 0 Å². The van der Waals surface area contributed by atoms with Gasteiger partial charge in [0.2, 0.25) is 0 Å². The maximum absolute atomic E-state index is 11.0. The van der Waals surface area contributed by atoms with E-state index in [9.17, 15) is 4.79 Å². The molecule has 0 radical (unpaired) electrons. The van der Waals surface area contributed by atoms with Crippen LogP contribution < -0.4 is 0 Å². The second kappa shape index (κ2) is 9.35. The van der Waals surface area contributed by atoms with E-state index in [0.717, 1.165) is 11.1 Å². The van der Waals surface area contributed by atoms with Crippen LogP contribution in [-0.4, -0.2) is 5.97 Å². The molecule has 2 rings (SSSR count). The van der Waals surface area contributed by atoms with Gasteiger partial charge < -0.3 is 4.74 Å². The van der Waals surface area contributed by atoms with E-state index in [4.69, 9.17) is 4.74 Å². The Morgan fingerprint density at radius 1 is 0.909 bits per heavy atom. The van der Waals surface area contributed by atoms with E-state index in [1.807, 2.05) is 55.5 Å². The maximum atomic E-state index is 11.0. The summed E-state index contributed by atoms with van der Waals surface area (Å²) in [5.41, 5.74) is 3.75. The van der Waals surface area contributed by atoms with E-state index >= 15 is 0 Å². The molecular weight excluding hydrogens is 272 g/mol. The first kappa shape index (κ1) is 17.4. The molecule has 0 aromatic heterocycles. The predicted octanol–water partition coefficient (Wildman–Crippen LogP) is 5.03. The maximum Gasteiger partial charge on any atom is 0.333 e. The first-order valence-corrected chi connectivity index (χ1v) is 7.08. The molecule has 0 spiro atoms. The van der Waals surface area contributed by atoms with E-state index in [-0.39, 0.29) is 5.97 Å². The van der Waals surface area contributed by atoms with Crippen molar-refractivity contribution in [2.45, 2.75) is 20.5 Å². The second-order valence-electron chi connectivity index (χ2n) is 4.99. The Kier molecular flexibility index (Phi) is 7.41. The van der Waals surface area contributed by atoms with Crippen molar-refractivity contribution in [3.63, 3.8) is 0 Å². The van der Waals surface area contributed by atoms with Crippen LogP contribution in [0, 0.1) is 0 Å². The fourth-order valence-corrected chi connectivity index (χ4v) is 1.57. The summed E-state index contributed by atoms with van der Waals surface area (Å²) >= 11 is 0. The van der Waals surface area contributed by atoms with Gasteiger partial charge in [-0.2, -0.15) is 0 Å². The summed E-state index contributed by atoms with van der Waals surface area (Å²) in [7, 11) is 0. The molecule has 22 heavy (non-hydrogen) atoms. The minimum Gasteiger partial charge on any atom is -0.457 e. The lowest BCUT2D eigenvalue weighted by molar-refractivity contribution is -0.140. The highest BCUT2D eigenvalue weighted by Crippen LogP contribution is 2.08. The van der Waals surface area contributed by atoms with Crippen molar-refractivity contribution in [3.05, 3.63) is 90.5 Å². The highest BCUT2D eigenvalue weighted by Gasteiger charge is 2.02. The highest BCUT2D eigenvalue weighted by atomic mass is 16.5. The van der Waals surface area contributed by atoms with Crippen LogP contribution in [0.5, 0.6) is 0 Å². The fourth-order valence-electron chi connectivity index (χ4n) is 1.57. The Balaban J connectivity index is 0.000000235. The molecular formula is C20H22O2. The van der Waals surface area contributed by atoms with Gasteiger partial charge in [0.1, 0.15) is 6.61 Å². The number of carbonyl (C=O) groups is 1. The third-order valence-corrected chi connectivity index (χ3v) is 2.83. The van der Waals surface area contributed by atoms with E-state index in [1.54, 1.807) is 6.92 Å². The quantitative estimate of drug-likeness (QED) is 0.584. The van der Waals surface area contributed by atoms with Crippen molar-refractivity contribution < 1.29 is 9.53 Å². The Hall–Kier alpha value is -2.61. The molecule has 0 N–H and O–H groups in total. The molecule has 0 aliphatic heterocycles. The topological polar surface area (TPSA) is 26.3 Å². The van der Waals surface area contributed by atoms with Crippen LogP contribution in [0.1, 0.15) is 25.0 Å². The Labute approximate surface area is 132 Å². The van der Waals surface area contributed by atoms with E-state index in [2.05, 4.69) is 25.3 Å². The number of hydrogen-bond donors (Lipinski definition) is 0. The van der Waals surface area contributed by atoms with Gasteiger partial charge in [0, 0.05) is 5.57 Å². The fraction of sp³-hybridized carbons (Fsp3) is 0.150. The molecule has 0 saturated heterocycles. The van der Waals surface area contributed by atoms with E-state index < -0.39 is 0 Å². The van der Waals surface area contributed by atoms with E-state index in [1.165, 1.54) is 5.56 Å². The normalized spacial score (nSPS) is 9.18. The number of esters is 1. The van der Waals surface area contributed by atoms with Gasteiger partial charge in [-0.3, -0.25) is 0 Å². The van der Waals surface area contributed by atoms with Crippen molar-refractivity contribution >= 4 is 11.5 Å². The van der Waals surface area contributed by atoms with Crippen molar-refractivity contribution in [2.75, 3.05) is 0 Å². The van der Waals surface area contributed by atoms with Gasteiger partial charge in [-0.1, -0.05) is 79.4 Å². The minimum atomic E-state index is -0.344. The summed E-state index contributed by atoms with van der Waals surface area (Å²) in [5, 5.41) is 0. The molecule has 0 aliphatic carbocycles. The molecule has 0 saturated carbocycles. The third-order valence-electron chi connectivity index (χ3n) is 2.83. The van der Waals surface area contributed by atoms with Crippen molar-refractivity contribution in [3.8, 4) is 0 Å². The van der Waals surface area contributed by atoms with Crippen LogP contribution >= 0.6 is 0 Å². The van der Waals surface area contributed by atoms with Gasteiger partial charge in [0.25, 0.3) is 0 Å². The summed E-state index contributed by atoms with van der Waals surface area (Å²) in [6, 6.07) is 19.7. The van der Waals surface area contributed by atoms with Crippen LogP contribution in [0.25, 0.3) is 5.57 Å². The molecule has 0 fully saturated rings. The number of benzene rings is 2. The molecule has 2 aromatic rings. The highest BCUT2D eigenvalue weighted by molar-refractivity contribution is 5.86. The minimum absolute atomic E-state index is 0.312. The van der Waals surface area contributed by atoms with Crippen LogP contribution in [-0.2, 0) is 16.1 Å². The second-order valence-corrected chi connectivity index (χ2v) is 4.99. The molecule has 0 heterocycles. The SMILES string of the molecule is C=C(C)C(=O)OCc1ccccc1.C=C(C)c1ccccc1. The molecule has 0 atom stereocenters. The van der Waals surface area contributed by atoms with Gasteiger partial charge >= 0.3 is 5.97 Å². The zero-order valence-corrected chi connectivity index (χ0v) is 13.2. The van der Waals surface area contributed by atoms with Crippen LogP contribution in [0.2, 0.25) is 0 Å². The van der Waals surface area contributed by atoms with Crippen molar-refractivity contribution in [1.82, 2.24) is 0 Å². The summed E-state index contributed by atoms with van der Waals surface area (Å²) in [5.74, 6) is -0.344. The Bertz CT molecular complexity index is 613. The van der Waals surface area contributed by atoms with Crippen molar-refractivity contribution in [2.24, 2.45) is 0 Å². The number of ether oxygens (including phenoxy) is 1. The summed E-state index contributed by atoms with van der Waals surface area (Å²) < 4.78 is 4.95. The number of rotatable bonds is 4. The lowest BCUT2D eigenvalue weighted by Gasteiger charge is -2.03. The average molecular weight is 294 g/mol. The van der Waals surface area contributed by atoms with Crippen molar-refractivity contribution in [1.29, 1.82) is 0 Å². The summed E-state index contributed by atoms with van der Waals surface area (Å²) in [6.07, 6.45) is 0. The van der Waals surface area contributed by atoms with Gasteiger partial charge in [-0.05, 0) is 25.0 Å². The predicted molar refractivity (Wildman–Crippen MR) is 92.2 cm³/mol. The van der Waals surface area contributed by atoms with Gasteiger partial charge in [0.05, 0.1) is 0 Å². The Morgan fingerprint density at radius 3 is 1.82 bits per heavy atom. The Morgan fingerprint density at radius 2 is 1.41 bits per heavy atom. The van der Waals surface area contributed by atoms with E-state index in [0.29, 0.717) is 12.2 Å². The monoisotopic (exact) mass is 294 g/mol. The number of hydrogen-bond acceptors (Lipinski definition) is 2. The summed E-state index contributed by atoms with van der Waals surface area (Å²) in [6.45, 7) is 11.3. The lowest BCUT2D eigenvalue weighted by atomic mass is 10.1. The third kappa shape index (κ3) is 6.71. The van der Waals surface area contributed by atoms with Gasteiger partial charge in [-0.25, -0.2) is 4.79 Å². The average Bonchev–Trinajstić information content (AvgIpc) is 2.55. The molecule has 2 aromatic carbocycles. The lowest BCUT2D eigenvalue weighted by Crippen LogP contribution is -2.04. The molecule has 0 unspecified atom stereocenters. The number of carbonyl (C=O) groups excluding carboxylic acids is 1. The van der Waals surface area contributed by atoms with Gasteiger partial charge in [-0.15, -0.1) is 0 Å². The smallest absolute Gasteiger partial charge is 0.333 e. The molecule has 0 bridgehead atoms. The molecule has 0 aliphatic rings. The molecule has 114 valence electrons. The van der Waals surface area contributed by atoms with Crippen LogP contribution in [0.4, 0.5) is 0 Å². The number of allylic oxidation sites excluding steroid dienone is 1. The molecule has 2 nitrogen and oxygen atoms in total. The standard InChI is InChI=1S/C11H12O2.C9H10/c1-9(2)11(12)13-8-10-6-4-3-5-7-10;1-8(2)9-6-4-3-5-7-9/h3-7H,1,8H2,2H3;3-7H,1H2,2H3. The molecule has 0 amide bonds. The summed E-state index contributed by atoms with van der Waals surface area (Å²) in [4.78, 5) is 11.0.